The number of fused-ring (bicyclic) bond motifs is 1. The van der Waals surface area contributed by atoms with Crippen molar-refractivity contribution in [3.63, 3.8) is 0 Å². The molecule has 1 heterocycles. The van der Waals surface area contributed by atoms with Crippen molar-refractivity contribution in [2.45, 2.75) is 18.7 Å². The molecule has 9 heteroatoms. The van der Waals surface area contributed by atoms with E-state index in [1.54, 1.807) is 31.2 Å². The van der Waals surface area contributed by atoms with E-state index in [1.165, 1.54) is 10.4 Å². The summed E-state index contributed by atoms with van der Waals surface area (Å²) in [5.41, 5.74) is 2.05. The first kappa shape index (κ1) is 18.5. The van der Waals surface area contributed by atoms with Crippen LogP contribution in [-0.4, -0.2) is 36.2 Å². The number of aryl methyl sites for hydroxylation is 2. The molecule has 0 radical (unpaired) electrons. The Labute approximate surface area is 153 Å². The van der Waals surface area contributed by atoms with Gasteiger partial charge in [-0.2, -0.15) is 0 Å². The molecule has 0 amide bonds. The number of sulfonamides is 2. The third-order valence-corrected chi connectivity index (χ3v) is 6.77. The average Bonchev–Trinajstić information content (AvgIpc) is 2.55. The predicted molar refractivity (Wildman–Crippen MR) is 101 cm³/mol. The van der Waals surface area contributed by atoms with Gasteiger partial charge >= 0.3 is 0 Å². The zero-order chi connectivity index (χ0) is 19.1. The highest BCUT2D eigenvalue weighted by atomic mass is 32.2. The molecule has 0 fully saturated rings. The molecular formula is C17H20N2O5S2. The van der Waals surface area contributed by atoms with E-state index in [4.69, 9.17) is 4.74 Å². The number of nitrogens with one attached hydrogen (secondary N) is 1. The van der Waals surface area contributed by atoms with Gasteiger partial charge in [0, 0.05) is 0 Å². The number of ether oxygens (including phenoxy) is 1. The predicted octanol–water partition coefficient (Wildman–Crippen LogP) is 2.26. The fraction of sp³-hybridized carbons (Fsp3) is 0.294. The first-order valence-corrected chi connectivity index (χ1v) is 11.3. The van der Waals surface area contributed by atoms with E-state index in [1.807, 2.05) is 13.0 Å². The average molecular weight is 396 g/mol. The molecule has 3 rings (SSSR count). The number of nitrogens with zero attached hydrogens (tertiary/aromatic N) is 1. The highest BCUT2D eigenvalue weighted by Gasteiger charge is 2.26. The Balaban J connectivity index is 2.00. The maximum atomic E-state index is 12.7. The Hall–Kier alpha value is -2.26. The number of benzene rings is 2. The molecule has 0 spiro atoms. The normalized spacial score (nSPS) is 14.5. The van der Waals surface area contributed by atoms with Crippen LogP contribution < -0.4 is 13.8 Å². The number of hydrogen-bond donors (Lipinski definition) is 1. The quantitative estimate of drug-likeness (QED) is 0.856. The summed E-state index contributed by atoms with van der Waals surface area (Å²) in [6.07, 6.45) is 1.11. The van der Waals surface area contributed by atoms with Gasteiger partial charge in [0.05, 0.1) is 29.1 Å². The number of hydrogen-bond acceptors (Lipinski definition) is 5. The van der Waals surface area contributed by atoms with Gasteiger partial charge in [-0.3, -0.25) is 9.03 Å². The SMILES string of the molecule is Cc1ccc(C)c(S(=O)(=O)Nc2ccc3c(c2)N(S(C)(=O)=O)CCO3)c1. The van der Waals surface area contributed by atoms with Crippen molar-refractivity contribution in [3.8, 4) is 5.75 Å². The molecule has 1 N–H and O–H groups in total. The summed E-state index contributed by atoms with van der Waals surface area (Å²) in [4.78, 5) is 0.187. The van der Waals surface area contributed by atoms with Gasteiger partial charge in [-0.05, 0) is 49.2 Å². The van der Waals surface area contributed by atoms with E-state index in [0.717, 1.165) is 11.8 Å². The maximum Gasteiger partial charge on any atom is 0.262 e. The smallest absolute Gasteiger partial charge is 0.262 e. The fourth-order valence-corrected chi connectivity index (χ4v) is 5.09. The van der Waals surface area contributed by atoms with Crippen LogP contribution in [-0.2, 0) is 20.0 Å². The highest BCUT2D eigenvalue weighted by Crippen LogP contribution is 2.36. The topological polar surface area (TPSA) is 92.8 Å². The Morgan fingerprint density at radius 3 is 2.46 bits per heavy atom. The first-order chi connectivity index (χ1) is 12.1. The minimum Gasteiger partial charge on any atom is -0.489 e. The molecule has 7 nitrogen and oxygen atoms in total. The van der Waals surface area contributed by atoms with Crippen molar-refractivity contribution < 1.29 is 21.6 Å². The van der Waals surface area contributed by atoms with Crippen molar-refractivity contribution in [1.82, 2.24) is 0 Å². The molecular weight excluding hydrogens is 376 g/mol. The second-order valence-electron chi connectivity index (χ2n) is 6.24. The lowest BCUT2D eigenvalue weighted by Gasteiger charge is -2.29. The van der Waals surface area contributed by atoms with E-state index in [-0.39, 0.29) is 23.7 Å². The summed E-state index contributed by atoms with van der Waals surface area (Å²) in [5, 5.41) is 0. The highest BCUT2D eigenvalue weighted by molar-refractivity contribution is 7.93. The van der Waals surface area contributed by atoms with Gasteiger partial charge in [-0.1, -0.05) is 12.1 Å². The van der Waals surface area contributed by atoms with E-state index in [2.05, 4.69) is 4.72 Å². The third kappa shape index (κ3) is 3.63. The number of anilines is 2. The Bertz CT molecular complexity index is 1060. The van der Waals surface area contributed by atoms with Crippen LogP contribution in [0.3, 0.4) is 0 Å². The van der Waals surface area contributed by atoms with Crippen LogP contribution in [0.15, 0.2) is 41.3 Å². The Morgan fingerprint density at radius 2 is 1.77 bits per heavy atom. The van der Waals surface area contributed by atoms with Crippen LogP contribution in [0.2, 0.25) is 0 Å². The third-order valence-electron chi connectivity index (χ3n) is 4.07. The van der Waals surface area contributed by atoms with Gasteiger partial charge in [-0.25, -0.2) is 16.8 Å². The second-order valence-corrected chi connectivity index (χ2v) is 9.80. The molecule has 0 saturated carbocycles. The minimum absolute atomic E-state index is 0.180. The maximum absolute atomic E-state index is 12.7. The van der Waals surface area contributed by atoms with Crippen molar-refractivity contribution in [1.29, 1.82) is 0 Å². The van der Waals surface area contributed by atoms with Crippen LogP contribution in [0, 0.1) is 13.8 Å². The van der Waals surface area contributed by atoms with E-state index < -0.39 is 20.0 Å². The summed E-state index contributed by atoms with van der Waals surface area (Å²) in [6, 6.07) is 9.77. The minimum atomic E-state index is -3.80. The van der Waals surface area contributed by atoms with Crippen LogP contribution in [0.5, 0.6) is 5.75 Å². The van der Waals surface area contributed by atoms with Gasteiger partial charge in [0.2, 0.25) is 10.0 Å². The lowest BCUT2D eigenvalue weighted by molar-refractivity contribution is 0.316. The lowest BCUT2D eigenvalue weighted by atomic mass is 10.2. The van der Waals surface area contributed by atoms with Crippen LogP contribution >= 0.6 is 0 Å². The molecule has 2 aromatic rings. The summed E-state index contributed by atoms with van der Waals surface area (Å²) < 4.78 is 58.7. The molecule has 1 aliphatic heterocycles. The van der Waals surface area contributed by atoms with E-state index in [9.17, 15) is 16.8 Å². The zero-order valence-electron chi connectivity index (χ0n) is 14.7. The second kappa shape index (κ2) is 6.48. The van der Waals surface area contributed by atoms with Gasteiger partial charge < -0.3 is 4.74 Å². The van der Waals surface area contributed by atoms with Gasteiger partial charge in [0.15, 0.2) is 0 Å². The lowest BCUT2D eigenvalue weighted by Crippen LogP contribution is -2.37. The van der Waals surface area contributed by atoms with Crippen molar-refractivity contribution >= 4 is 31.4 Å². The molecule has 26 heavy (non-hydrogen) atoms. The summed E-state index contributed by atoms with van der Waals surface area (Å²) >= 11 is 0. The fourth-order valence-electron chi connectivity index (χ4n) is 2.81. The molecule has 0 unspecified atom stereocenters. The molecule has 2 aromatic carbocycles. The molecule has 0 saturated heterocycles. The van der Waals surface area contributed by atoms with E-state index in [0.29, 0.717) is 17.0 Å². The molecule has 0 aliphatic carbocycles. The summed E-state index contributed by atoms with van der Waals surface area (Å²) in [7, 11) is -7.29. The molecule has 1 aliphatic rings. The van der Waals surface area contributed by atoms with Crippen molar-refractivity contribution in [2.24, 2.45) is 0 Å². The largest absolute Gasteiger partial charge is 0.489 e. The Morgan fingerprint density at radius 1 is 1.04 bits per heavy atom. The molecule has 0 aromatic heterocycles. The van der Waals surface area contributed by atoms with Gasteiger partial charge in [0.1, 0.15) is 12.4 Å². The molecule has 140 valence electrons. The van der Waals surface area contributed by atoms with E-state index >= 15 is 0 Å². The Kier molecular flexibility index (Phi) is 4.61. The summed E-state index contributed by atoms with van der Waals surface area (Å²) in [5.74, 6) is 0.399. The zero-order valence-corrected chi connectivity index (χ0v) is 16.3. The molecule has 0 bridgehead atoms. The van der Waals surface area contributed by atoms with Crippen LogP contribution in [0.4, 0.5) is 11.4 Å². The van der Waals surface area contributed by atoms with Gasteiger partial charge in [-0.15, -0.1) is 0 Å². The van der Waals surface area contributed by atoms with Crippen LogP contribution in [0.25, 0.3) is 0 Å². The standard InChI is InChI=1S/C17H20N2O5S2/c1-12-4-5-13(2)17(10-12)26(22,23)18-14-6-7-16-15(11-14)19(8-9-24-16)25(3,20)21/h4-7,10-11,18H,8-9H2,1-3H3. The molecule has 0 atom stereocenters. The van der Waals surface area contributed by atoms with Crippen LogP contribution in [0.1, 0.15) is 11.1 Å². The van der Waals surface area contributed by atoms with Crippen molar-refractivity contribution in [2.75, 3.05) is 28.4 Å². The van der Waals surface area contributed by atoms with Gasteiger partial charge in [0.25, 0.3) is 10.0 Å². The first-order valence-electron chi connectivity index (χ1n) is 7.92. The monoisotopic (exact) mass is 396 g/mol. The number of rotatable bonds is 4. The summed E-state index contributed by atoms with van der Waals surface area (Å²) in [6.45, 7) is 3.96. The van der Waals surface area contributed by atoms with Crippen molar-refractivity contribution in [3.05, 3.63) is 47.5 Å².